The first-order valence-electron chi connectivity index (χ1n) is 9.22. The van der Waals surface area contributed by atoms with E-state index in [1.54, 1.807) is 4.68 Å². The molecule has 1 N–H and O–H groups in total. The molecule has 0 amide bonds. The predicted molar refractivity (Wildman–Crippen MR) is 109 cm³/mol. The van der Waals surface area contributed by atoms with Gasteiger partial charge in [0.05, 0.1) is 17.4 Å². The molecule has 0 atom stereocenters. The van der Waals surface area contributed by atoms with Crippen LogP contribution in [0.4, 0.5) is 0 Å². The molecular formula is C21H22BrN3O. The van der Waals surface area contributed by atoms with Gasteiger partial charge in [0.25, 0.3) is 5.56 Å². The van der Waals surface area contributed by atoms with Crippen LogP contribution in [0, 0.1) is 0 Å². The lowest BCUT2D eigenvalue weighted by molar-refractivity contribution is 0.417. The van der Waals surface area contributed by atoms with E-state index in [1.807, 2.05) is 36.4 Å². The van der Waals surface area contributed by atoms with Crippen LogP contribution in [0.25, 0.3) is 10.9 Å². The van der Waals surface area contributed by atoms with Gasteiger partial charge in [-0.15, -0.1) is 0 Å². The minimum atomic E-state index is -0.00622. The standard InChI is InChI=1S/C21H22BrN3O/c22-17-12-10-15(11-13-17)14-23-25-20(16-6-2-1-3-7-16)24-19-9-5-4-8-18(19)21(25)26/h4-5,8-13,16,23H,1-3,6-7,14H2. The van der Waals surface area contributed by atoms with Crippen molar-refractivity contribution in [3.8, 4) is 0 Å². The van der Waals surface area contributed by atoms with Crippen molar-refractivity contribution in [3.63, 3.8) is 0 Å². The summed E-state index contributed by atoms with van der Waals surface area (Å²) in [5, 5.41) is 0.662. The molecule has 1 aliphatic carbocycles. The first-order valence-corrected chi connectivity index (χ1v) is 10.0. The van der Waals surface area contributed by atoms with Crippen LogP contribution in [-0.2, 0) is 6.54 Å². The third-order valence-electron chi connectivity index (χ3n) is 5.13. The quantitative estimate of drug-likeness (QED) is 0.660. The number of hydrogen-bond acceptors (Lipinski definition) is 3. The van der Waals surface area contributed by atoms with E-state index in [9.17, 15) is 4.79 Å². The van der Waals surface area contributed by atoms with Gasteiger partial charge in [-0.1, -0.05) is 59.5 Å². The van der Waals surface area contributed by atoms with Crippen molar-refractivity contribution in [1.29, 1.82) is 0 Å². The molecule has 0 spiro atoms. The molecule has 3 aromatic rings. The minimum Gasteiger partial charge on any atom is -0.317 e. The van der Waals surface area contributed by atoms with Crippen LogP contribution in [0.2, 0.25) is 0 Å². The summed E-state index contributed by atoms with van der Waals surface area (Å²) in [7, 11) is 0. The van der Waals surface area contributed by atoms with Gasteiger partial charge in [-0.05, 0) is 42.7 Å². The minimum absolute atomic E-state index is 0.00622. The SMILES string of the molecule is O=c1c2ccccc2nc(C2CCCCC2)n1NCc1ccc(Br)cc1. The summed E-state index contributed by atoms with van der Waals surface area (Å²) in [5.74, 6) is 1.23. The Morgan fingerprint density at radius 1 is 1.04 bits per heavy atom. The lowest BCUT2D eigenvalue weighted by Gasteiger charge is -2.25. The molecule has 1 heterocycles. The van der Waals surface area contributed by atoms with Crippen LogP contribution in [0.15, 0.2) is 57.8 Å². The zero-order valence-electron chi connectivity index (χ0n) is 14.6. The number of rotatable bonds is 4. The molecule has 1 aliphatic rings. The number of nitrogens with zero attached hydrogens (tertiary/aromatic N) is 2. The fraction of sp³-hybridized carbons (Fsp3) is 0.333. The van der Waals surface area contributed by atoms with Gasteiger partial charge >= 0.3 is 0 Å². The highest BCUT2D eigenvalue weighted by molar-refractivity contribution is 9.10. The Kier molecular flexibility index (Phi) is 5.07. The summed E-state index contributed by atoms with van der Waals surface area (Å²) in [4.78, 5) is 18.0. The molecule has 134 valence electrons. The van der Waals surface area contributed by atoms with Crippen molar-refractivity contribution in [2.24, 2.45) is 0 Å². The number of nitrogens with one attached hydrogen (secondary N) is 1. The molecular weight excluding hydrogens is 390 g/mol. The second-order valence-corrected chi connectivity index (χ2v) is 7.84. The van der Waals surface area contributed by atoms with E-state index in [-0.39, 0.29) is 5.56 Å². The molecule has 26 heavy (non-hydrogen) atoms. The first-order chi connectivity index (χ1) is 12.7. The molecule has 0 saturated heterocycles. The van der Waals surface area contributed by atoms with Crippen molar-refractivity contribution >= 4 is 26.8 Å². The van der Waals surface area contributed by atoms with E-state index < -0.39 is 0 Å². The highest BCUT2D eigenvalue weighted by atomic mass is 79.9. The largest absolute Gasteiger partial charge is 0.317 e. The molecule has 1 aromatic heterocycles. The Morgan fingerprint density at radius 2 is 1.77 bits per heavy atom. The molecule has 5 heteroatoms. The molecule has 4 rings (SSSR count). The summed E-state index contributed by atoms with van der Waals surface area (Å²) >= 11 is 3.46. The van der Waals surface area contributed by atoms with Gasteiger partial charge in [-0.25, -0.2) is 9.66 Å². The molecule has 0 aliphatic heterocycles. The van der Waals surface area contributed by atoms with Gasteiger partial charge in [-0.2, -0.15) is 0 Å². The van der Waals surface area contributed by atoms with Crippen molar-refractivity contribution in [1.82, 2.24) is 9.66 Å². The summed E-state index contributed by atoms with van der Waals surface area (Å²) in [6.45, 7) is 0.590. The predicted octanol–water partition coefficient (Wildman–Crippen LogP) is 4.95. The maximum atomic E-state index is 13.1. The molecule has 1 saturated carbocycles. The number of halogens is 1. The van der Waals surface area contributed by atoms with Crippen LogP contribution in [0.3, 0.4) is 0 Å². The van der Waals surface area contributed by atoms with Gasteiger partial charge in [0.1, 0.15) is 5.82 Å². The smallest absolute Gasteiger partial charge is 0.279 e. The van der Waals surface area contributed by atoms with Gasteiger partial charge in [0.2, 0.25) is 0 Å². The number of benzene rings is 2. The van der Waals surface area contributed by atoms with Crippen LogP contribution >= 0.6 is 15.9 Å². The number of fused-ring (bicyclic) bond motifs is 1. The monoisotopic (exact) mass is 411 g/mol. The summed E-state index contributed by atoms with van der Waals surface area (Å²) < 4.78 is 2.74. The number of para-hydroxylation sites is 1. The molecule has 0 bridgehead atoms. The first kappa shape index (κ1) is 17.3. The molecule has 0 radical (unpaired) electrons. The third kappa shape index (κ3) is 3.54. The van der Waals surface area contributed by atoms with Crippen LogP contribution in [0.5, 0.6) is 0 Å². The highest BCUT2D eigenvalue weighted by Crippen LogP contribution is 2.31. The maximum Gasteiger partial charge on any atom is 0.279 e. The van der Waals surface area contributed by atoms with Crippen molar-refractivity contribution in [2.75, 3.05) is 5.43 Å². The second kappa shape index (κ2) is 7.62. The number of hydrogen-bond donors (Lipinski definition) is 1. The van der Waals surface area contributed by atoms with E-state index in [2.05, 4.69) is 33.5 Å². The van der Waals surface area contributed by atoms with E-state index in [4.69, 9.17) is 4.98 Å². The Balaban J connectivity index is 1.73. The fourth-order valence-electron chi connectivity index (χ4n) is 3.71. The lowest BCUT2D eigenvalue weighted by Crippen LogP contribution is -2.34. The average molecular weight is 412 g/mol. The van der Waals surface area contributed by atoms with Crippen molar-refractivity contribution in [3.05, 3.63) is 74.7 Å². The van der Waals surface area contributed by atoms with E-state index in [0.717, 1.165) is 34.2 Å². The molecule has 2 aromatic carbocycles. The van der Waals surface area contributed by atoms with E-state index >= 15 is 0 Å². The normalized spacial score (nSPS) is 15.3. The van der Waals surface area contributed by atoms with Crippen molar-refractivity contribution in [2.45, 2.75) is 44.6 Å². The lowest BCUT2D eigenvalue weighted by atomic mass is 9.88. The zero-order valence-corrected chi connectivity index (χ0v) is 16.2. The summed E-state index contributed by atoms with van der Waals surface area (Å²) in [6, 6.07) is 15.8. The van der Waals surface area contributed by atoms with Gasteiger partial charge < -0.3 is 5.43 Å². The summed E-state index contributed by atoms with van der Waals surface area (Å²) in [6.07, 6.45) is 5.90. The molecule has 4 nitrogen and oxygen atoms in total. The highest BCUT2D eigenvalue weighted by Gasteiger charge is 2.22. The molecule has 0 unspecified atom stereocenters. The molecule has 1 fully saturated rings. The van der Waals surface area contributed by atoms with Gasteiger partial charge in [0.15, 0.2) is 0 Å². The van der Waals surface area contributed by atoms with Crippen LogP contribution in [-0.4, -0.2) is 9.66 Å². The Labute approximate surface area is 161 Å². The Bertz CT molecular complexity index is 959. The maximum absolute atomic E-state index is 13.1. The number of aromatic nitrogens is 2. The fourth-order valence-corrected chi connectivity index (χ4v) is 3.97. The van der Waals surface area contributed by atoms with Crippen LogP contribution in [0.1, 0.15) is 49.4 Å². The van der Waals surface area contributed by atoms with E-state index in [0.29, 0.717) is 17.8 Å². The Hall–Kier alpha value is -2.14. The second-order valence-electron chi connectivity index (χ2n) is 6.92. The zero-order chi connectivity index (χ0) is 17.9. The van der Waals surface area contributed by atoms with Gasteiger partial charge in [0, 0.05) is 10.4 Å². The third-order valence-corrected chi connectivity index (χ3v) is 5.66. The van der Waals surface area contributed by atoms with Gasteiger partial charge in [-0.3, -0.25) is 4.79 Å². The van der Waals surface area contributed by atoms with Crippen molar-refractivity contribution < 1.29 is 0 Å². The van der Waals surface area contributed by atoms with Crippen LogP contribution < -0.4 is 11.0 Å². The topological polar surface area (TPSA) is 46.9 Å². The Morgan fingerprint density at radius 3 is 2.54 bits per heavy atom. The summed E-state index contributed by atoms with van der Waals surface area (Å²) in [5.41, 5.74) is 5.25. The van der Waals surface area contributed by atoms with E-state index in [1.165, 1.54) is 19.3 Å². The average Bonchev–Trinajstić information content (AvgIpc) is 2.69.